The number of nitrogens with zero attached hydrogens (tertiary/aromatic N) is 1. The first-order chi connectivity index (χ1) is 11.9. The Morgan fingerprint density at radius 1 is 0.960 bits per heavy atom. The van der Waals surface area contributed by atoms with Gasteiger partial charge < -0.3 is 15.6 Å². The third-order valence-electron chi connectivity index (χ3n) is 3.45. The van der Waals surface area contributed by atoms with Crippen LogP contribution in [0, 0.1) is 0 Å². The number of carbonyl (C=O) groups excluding carboxylic acids is 1. The van der Waals surface area contributed by atoms with E-state index in [2.05, 4.69) is 4.84 Å². The van der Waals surface area contributed by atoms with Gasteiger partial charge >= 0.3 is 5.97 Å². The van der Waals surface area contributed by atoms with Gasteiger partial charge in [-0.3, -0.25) is 15.2 Å². The highest BCUT2D eigenvalue weighted by Gasteiger charge is 2.15. The maximum Gasteiger partial charge on any atom is 0.323 e. The molecule has 5 N–H and O–H groups in total. The van der Waals surface area contributed by atoms with Gasteiger partial charge in [-0.15, -0.1) is 0 Å². The van der Waals surface area contributed by atoms with Crippen molar-refractivity contribution in [2.24, 2.45) is 5.73 Å². The molecule has 0 fully saturated rings. The number of ether oxygens (including phenoxy) is 1. The molecule has 8 heteroatoms. The number of benzene rings is 2. The van der Waals surface area contributed by atoms with Crippen molar-refractivity contribution < 1.29 is 29.9 Å². The molecule has 1 atom stereocenters. The number of hydrogen-bond acceptors (Lipinski definition) is 8. The first kappa shape index (κ1) is 18.8. The van der Waals surface area contributed by atoms with Crippen LogP contribution in [-0.2, 0) is 34.0 Å². The molecule has 2 rings (SSSR count). The fourth-order valence-corrected chi connectivity index (χ4v) is 2.09. The number of carbonyl (C=O) groups is 1. The Kier molecular flexibility index (Phi) is 6.87. The molecular weight excluding hydrogens is 328 g/mol. The van der Waals surface area contributed by atoms with Gasteiger partial charge in [0.15, 0.2) is 0 Å². The lowest BCUT2D eigenvalue weighted by Crippen LogP contribution is -2.34. The van der Waals surface area contributed by atoms with Crippen molar-refractivity contribution in [2.75, 3.05) is 0 Å². The fourth-order valence-electron chi connectivity index (χ4n) is 2.09. The van der Waals surface area contributed by atoms with Gasteiger partial charge in [-0.1, -0.05) is 36.4 Å². The summed E-state index contributed by atoms with van der Waals surface area (Å²) in [6, 6.07) is 12.6. The number of rotatable bonds is 8. The molecule has 8 nitrogen and oxygen atoms in total. The second-order valence-corrected chi connectivity index (χ2v) is 5.43. The standard InChI is InChI=1S/C17H20N2O6/c18-16(9-12-5-7-15(20)8-6-12)17(21)24-10-13-1-3-14(4-2-13)11-25-19(22)23/h1-8,16,20,22-23H,9-11,18H2. The molecule has 0 radical (unpaired) electrons. The van der Waals surface area contributed by atoms with Crippen LogP contribution in [0.1, 0.15) is 16.7 Å². The number of esters is 1. The minimum Gasteiger partial charge on any atom is -0.508 e. The van der Waals surface area contributed by atoms with E-state index in [9.17, 15) is 9.90 Å². The van der Waals surface area contributed by atoms with Gasteiger partial charge in [0, 0.05) is 0 Å². The summed E-state index contributed by atoms with van der Waals surface area (Å²) < 4.78 is 5.19. The van der Waals surface area contributed by atoms with E-state index in [0.29, 0.717) is 12.0 Å². The number of phenols is 1. The second-order valence-electron chi connectivity index (χ2n) is 5.43. The molecule has 0 bridgehead atoms. The first-order valence-electron chi connectivity index (χ1n) is 7.53. The molecular formula is C17H20N2O6. The third-order valence-corrected chi connectivity index (χ3v) is 3.45. The Bertz CT molecular complexity index is 673. The van der Waals surface area contributed by atoms with E-state index in [1.165, 1.54) is 12.1 Å². The Labute approximate surface area is 144 Å². The SMILES string of the molecule is NC(Cc1ccc(O)cc1)C(=O)OCc1ccc(CON(O)O)cc1. The maximum absolute atomic E-state index is 12.0. The average Bonchev–Trinajstić information content (AvgIpc) is 2.60. The number of hydrogen-bond donors (Lipinski definition) is 4. The summed E-state index contributed by atoms with van der Waals surface area (Å²) in [6.07, 6.45) is 0.314. The lowest BCUT2D eigenvalue weighted by Gasteiger charge is -2.12. The van der Waals surface area contributed by atoms with Crippen LogP contribution in [0.4, 0.5) is 0 Å². The van der Waals surface area contributed by atoms with Crippen molar-refractivity contribution in [3.8, 4) is 5.75 Å². The summed E-state index contributed by atoms with van der Waals surface area (Å²) in [6.45, 7) is 0.0694. The lowest BCUT2D eigenvalue weighted by atomic mass is 10.1. The van der Waals surface area contributed by atoms with E-state index in [1.54, 1.807) is 36.4 Å². The fraction of sp³-hybridized carbons (Fsp3) is 0.235. The Morgan fingerprint density at radius 3 is 2.04 bits per heavy atom. The summed E-state index contributed by atoms with van der Waals surface area (Å²) in [5, 5.41) is 25.8. The van der Waals surface area contributed by atoms with Gasteiger partial charge in [-0.25, -0.2) is 4.84 Å². The van der Waals surface area contributed by atoms with Crippen molar-refractivity contribution >= 4 is 5.97 Å². The molecule has 0 aliphatic carbocycles. The molecule has 134 valence electrons. The van der Waals surface area contributed by atoms with Crippen LogP contribution < -0.4 is 5.73 Å². The van der Waals surface area contributed by atoms with E-state index in [1.807, 2.05) is 0 Å². The molecule has 0 aliphatic rings. The zero-order valence-corrected chi connectivity index (χ0v) is 13.4. The third kappa shape index (κ3) is 6.49. The lowest BCUT2D eigenvalue weighted by molar-refractivity contribution is -0.497. The largest absolute Gasteiger partial charge is 0.508 e. The van der Waals surface area contributed by atoms with Crippen LogP contribution in [0.2, 0.25) is 0 Å². The summed E-state index contributed by atoms with van der Waals surface area (Å²) in [4.78, 5) is 16.4. The number of phenolic OH excluding ortho intramolecular Hbond substituents is 1. The molecule has 0 saturated heterocycles. The van der Waals surface area contributed by atoms with Crippen molar-refractivity contribution in [3.63, 3.8) is 0 Å². The van der Waals surface area contributed by atoms with Gasteiger partial charge in [-0.05, 0) is 35.2 Å². The molecule has 0 heterocycles. The van der Waals surface area contributed by atoms with E-state index < -0.39 is 12.0 Å². The summed E-state index contributed by atoms with van der Waals surface area (Å²) in [5.41, 5.74) is 8.14. The second kappa shape index (κ2) is 9.11. The number of aromatic hydroxyl groups is 1. The van der Waals surface area contributed by atoms with Crippen LogP contribution >= 0.6 is 0 Å². The maximum atomic E-state index is 12.0. The highest BCUT2D eigenvalue weighted by atomic mass is 17.1. The van der Waals surface area contributed by atoms with Crippen LogP contribution in [-0.4, -0.2) is 32.9 Å². The minimum atomic E-state index is -0.794. The monoisotopic (exact) mass is 348 g/mol. The molecule has 0 spiro atoms. The van der Waals surface area contributed by atoms with E-state index in [0.717, 1.165) is 11.1 Å². The van der Waals surface area contributed by atoms with Crippen LogP contribution in [0.25, 0.3) is 0 Å². The summed E-state index contributed by atoms with van der Waals surface area (Å²) >= 11 is 0. The number of nitrogens with two attached hydrogens (primary N) is 1. The molecule has 2 aromatic carbocycles. The molecule has 25 heavy (non-hydrogen) atoms. The van der Waals surface area contributed by atoms with E-state index in [4.69, 9.17) is 20.9 Å². The van der Waals surface area contributed by atoms with Crippen LogP contribution in [0.15, 0.2) is 48.5 Å². The van der Waals surface area contributed by atoms with Crippen LogP contribution in [0.5, 0.6) is 5.75 Å². The molecule has 0 saturated carbocycles. The Balaban J connectivity index is 1.79. The van der Waals surface area contributed by atoms with Crippen molar-refractivity contribution in [1.82, 2.24) is 5.39 Å². The molecule has 1 unspecified atom stereocenters. The summed E-state index contributed by atoms with van der Waals surface area (Å²) in [5.74, 6) is -0.365. The van der Waals surface area contributed by atoms with E-state index in [-0.39, 0.29) is 24.4 Å². The Hall–Kier alpha value is -2.49. The van der Waals surface area contributed by atoms with Gasteiger partial charge in [0.05, 0.1) is 12.0 Å². The predicted molar refractivity (Wildman–Crippen MR) is 86.2 cm³/mol. The van der Waals surface area contributed by atoms with Gasteiger partial charge in [-0.2, -0.15) is 0 Å². The molecule has 0 aliphatic heterocycles. The zero-order chi connectivity index (χ0) is 18.2. The predicted octanol–water partition coefficient (Wildman–Crippen LogP) is 1.52. The molecule has 0 aromatic heterocycles. The topological polar surface area (TPSA) is 125 Å². The highest BCUT2D eigenvalue weighted by Crippen LogP contribution is 2.12. The normalized spacial score (nSPS) is 12.2. The molecule has 0 amide bonds. The Morgan fingerprint density at radius 2 is 1.48 bits per heavy atom. The van der Waals surface area contributed by atoms with Crippen LogP contribution in [0.3, 0.4) is 0 Å². The van der Waals surface area contributed by atoms with Crippen molar-refractivity contribution in [2.45, 2.75) is 25.7 Å². The molecule has 2 aromatic rings. The highest BCUT2D eigenvalue weighted by molar-refractivity contribution is 5.75. The average molecular weight is 348 g/mol. The van der Waals surface area contributed by atoms with Gasteiger partial charge in [0.2, 0.25) is 0 Å². The first-order valence-corrected chi connectivity index (χ1v) is 7.53. The van der Waals surface area contributed by atoms with Gasteiger partial charge in [0.25, 0.3) is 0 Å². The smallest absolute Gasteiger partial charge is 0.323 e. The van der Waals surface area contributed by atoms with Crippen molar-refractivity contribution in [1.29, 1.82) is 0 Å². The zero-order valence-electron chi connectivity index (χ0n) is 13.4. The quantitative estimate of drug-likeness (QED) is 0.418. The minimum absolute atomic E-state index is 0.00935. The van der Waals surface area contributed by atoms with Gasteiger partial charge in [0.1, 0.15) is 18.4 Å². The van der Waals surface area contributed by atoms with E-state index >= 15 is 0 Å². The van der Waals surface area contributed by atoms with Crippen molar-refractivity contribution in [3.05, 3.63) is 65.2 Å². The summed E-state index contributed by atoms with van der Waals surface area (Å²) in [7, 11) is 0.